The van der Waals surface area contributed by atoms with Crippen LogP contribution in [0.5, 0.6) is 11.5 Å². The summed E-state index contributed by atoms with van der Waals surface area (Å²) in [5, 5.41) is 17.5. The third-order valence-electron chi connectivity index (χ3n) is 11.3. The van der Waals surface area contributed by atoms with Crippen LogP contribution in [0.2, 0.25) is 0 Å². The number of hydrogen-bond acceptors (Lipinski definition) is 7. The lowest BCUT2D eigenvalue weighted by Crippen LogP contribution is -2.51. The maximum atomic E-state index is 13.8. The van der Waals surface area contributed by atoms with Gasteiger partial charge in [0.05, 0.1) is 41.1 Å². The van der Waals surface area contributed by atoms with Crippen LogP contribution in [0.4, 0.5) is 13.2 Å². The third kappa shape index (κ3) is 7.71. The predicted octanol–water partition coefficient (Wildman–Crippen LogP) is 7.42. The van der Waals surface area contributed by atoms with E-state index < -0.39 is 47.3 Å². The van der Waals surface area contributed by atoms with E-state index in [9.17, 15) is 32.8 Å². The van der Waals surface area contributed by atoms with Gasteiger partial charge in [-0.25, -0.2) is 0 Å². The largest absolute Gasteiger partial charge is 0.496 e. The molecule has 3 aliphatic rings. The molecule has 53 heavy (non-hydrogen) atoms. The molecule has 280 valence electrons. The molecule has 9 nitrogen and oxygen atoms in total. The Morgan fingerprint density at radius 1 is 0.981 bits per heavy atom. The van der Waals surface area contributed by atoms with E-state index in [1.807, 2.05) is 61.5 Å². The summed E-state index contributed by atoms with van der Waals surface area (Å²) in [7, 11) is 1.37. The molecule has 0 spiro atoms. The van der Waals surface area contributed by atoms with Gasteiger partial charge in [-0.2, -0.15) is 18.4 Å². The summed E-state index contributed by atoms with van der Waals surface area (Å²) in [5.41, 5.74) is -1.66. The van der Waals surface area contributed by atoms with E-state index in [1.165, 1.54) is 19.2 Å². The van der Waals surface area contributed by atoms with Crippen LogP contribution in [0, 0.1) is 39.9 Å². The van der Waals surface area contributed by atoms with Gasteiger partial charge >= 0.3 is 12.1 Å². The molecule has 2 fully saturated rings. The number of ether oxygens (including phenoxy) is 3. The lowest BCUT2D eigenvalue weighted by atomic mass is 9.74. The van der Waals surface area contributed by atoms with E-state index in [1.54, 1.807) is 0 Å². The number of alkyl halides is 3. The van der Waals surface area contributed by atoms with E-state index in [0.717, 1.165) is 30.2 Å². The molecule has 2 amide bonds. The molecule has 0 aliphatic heterocycles. The summed E-state index contributed by atoms with van der Waals surface area (Å²) in [6, 6.07) is 18.2. The van der Waals surface area contributed by atoms with E-state index in [2.05, 4.69) is 16.7 Å². The number of carbonyl (C=O) groups excluding carboxylic acids is 3. The van der Waals surface area contributed by atoms with Gasteiger partial charge in [0.15, 0.2) is 0 Å². The molecule has 0 aromatic heterocycles. The maximum Gasteiger partial charge on any atom is 0.395 e. The number of carbonyl (C=O) groups is 3. The molecule has 0 saturated heterocycles. The number of benzene rings is 3. The molecular formula is C41H44F3N3O6. The zero-order chi connectivity index (χ0) is 38.1. The summed E-state index contributed by atoms with van der Waals surface area (Å²) in [6.07, 6.45) is 1.56. The van der Waals surface area contributed by atoms with Crippen molar-refractivity contribution in [2.75, 3.05) is 13.7 Å². The summed E-state index contributed by atoms with van der Waals surface area (Å²) >= 11 is 0. The number of allylic oxidation sites excluding steroid dienone is 1. The summed E-state index contributed by atoms with van der Waals surface area (Å²) in [4.78, 5) is 40.4. The highest BCUT2D eigenvalue weighted by Gasteiger charge is 2.51. The Hall–Kier alpha value is -5.05. The number of nitrogens with one attached hydrogen (secondary N) is 2. The van der Waals surface area contributed by atoms with E-state index >= 15 is 0 Å². The van der Waals surface area contributed by atoms with Crippen LogP contribution >= 0.6 is 0 Å². The molecule has 12 heteroatoms. The Kier molecular flexibility index (Phi) is 10.5. The van der Waals surface area contributed by atoms with Crippen LogP contribution in [0.15, 0.2) is 66.7 Å². The first-order valence-electron chi connectivity index (χ1n) is 17.9. The van der Waals surface area contributed by atoms with Crippen molar-refractivity contribution in [1.29, 1.82) is 5.26 Å². The first-order chi connectivity index (χ1) is 25.1. The Labute approximate surface area is 306 Å². The first-order valence-corrected chi connectivity index (χ1v) is 17.9. The quantitative estimate of drug-likeness (QED) is 0.155. The molecule has 0 heterocycles. The van der Waals surface area contributed by atoms with Gasteiger partial charge in [-0.15, -0.1) is 0 Å². The van der Waals surface area contributed by atoms with Gasteiger partial charge in [-0.05, 0) is 87.1 Å². The normalized spacial score (nSPS) is 25.1. The van der Waals surface area contributed by atoms with E-state index in [0.29, 0.717) is 32.1 Å². The van der Waals surface area contributed by atoms with Gasteiger partial charge in [0.2, 0.25) is 5.91 Å². The Morgan fingerprint density at radius 3 is 2.38 bits per heavy atom. The van der Waals surface area contributed by atoms with Crippen molar-refractivity contribution in [3.63, 3.8) is 0 Å². The molecule has 6 rings (SSSR count). The van der Waals surface area contributed by atoms with Crippen molar-refractivity contribution in [3.8, 4) is 17.6 Å². The molecule has 3 aromatic rings. The van der Waals surface area contributed by atoms with Crippen LogP contribution in [0.1, 0.15) is 74.4 Å². The number of hydrogen-bond donors (Lipinski definition) is 2. The molecule has 0 unspecified atom stereocenters. The Morgan fingerprint density at radius 2 is 1.68 bits per heavy atom. The van der Waals surface area contributed by atoms with Gasteiger partial charge in [0.1, 0.15) is 24.2 Å². The zero-order valence-electron chi connectivity index (χ0n) is 30.2. The van der Waals surface area contributed by atoms with Crippen LogP contribution < -0.4 is 20.1 Å². The zero-order valence-corrected chi connectivity index (χ0v) is 30.2. The molecule has 4 atom stereocenters. The molecule has 0 radical (unpaired) electrons. The van der Waals surface area contributed by atoms with Gasteiger partial charge in [-0.1, -0.05) is 54.6 Å². The SMILES string of the molecule is COc1cc(C#N)c(OC2CCC(C)(C(=O)OCc3cccc4ccccc34)CC2)cc1C(=O)N[C@H]1[C@@H](C(=O)NCC(C)(C)C(F)(F)F)[C@H]2C=C[C@@H]1C2. The Bertz CT molecular complexity index is 1950. The maximum absolute atomic E-state index is 13.8. The van der Waals surface area contributed by atoms with Crippen molar-refractivity contribution in [2.24, 2.45) is 28.6 Å². The fourth-order valence-electron chi connectivity index (χ4n) is 7.69. The number of rotatable bonds is 11. The second-order valence-corrected chi connectivity index (χ2v) is 15.3. The summed E-state index contributed by atoms with van der Waals surface area (Å²) in [6.45, 7) is 3.51. The molecule has 2 saturated carbocycles. The first kappa shape index (κ1) is 37.7. The fraction of sp³-hybridized carbons (Fsp3) is 0.463. The lowest BCUT2D eigenvalue weighted by Gasteiger charge is -2.35. The van der Waals surface area contributed by atoms with Crippen LogP contribution in [-0.4, -0.2) is 49.8 Å². The minimum absolute atomic E-state index is 0.0864. The number of nitrogens with zero attached hydrogens (tertiary/aromatic N) is 1. The highest BCUT2D eigenvalue weighted by molar-refractivity contribution is 5.98. The molecular weight excluding hydrogens is 687 g/mol. The van der Waals surface area contributed by atoms with Gasteiger partial charge in [0.25, 0.3) is 5.91 Å². The minimum atomic E-state index is -4.50. The molecule has 3 aromatic carbocycles. The number of esters is 1. The Balaban J connectivity index is 1.11. The van der Waals surface area contributed by atoms with Gasteiger partial charge < -0.3 is 24.8 Å². The van der Waals surface area contributed by atoms with Crippen LogP contribution in [-0.2, 0) is 20.9 Å². The fourth-order valence-corrected chi connectivity index (χ4v) is 7.69. The number of halogens is 3. The molecule has 3 aliphatic carbocycles. The van der Waals surface area contributed by atoms with Gasteiger partial charge in [0, 0.05) is 18.7 Å². The minimum Gasteiger partial charge on any atom is -0.496 e. The highest BCUT2D eigenvalue weighted by atomic mass is 19.4. The highest BCUT2D eigenvalue weighted by Crippen LogP contribution is 2.45. The smallest absolute Gasteiger partial charge is 0.395 e. The number of nitriles is 1. The topological polar surface area (TPSA) is 127 Å². The number of methoxy groups -OCH3 is 1. The van der Waals surface area contributed by atoms with Crippen molar-refractivity contribution in [2.45, 2.75) is 77.8 Å². The predicted molar refractivity (Wildman–Crippen MR) is 191 cm³/mol. The lowest BCUT2D eigenvalue weighted by molar-refractivity contribution is -0.209. The van der Waals surface area contributed by atoms with Gasteiger partial charge in [-0.3, -0.25) is 14.4 Å². The summed E-state index contributed by atoms with van der Waals surface area (Å²) < 4.78 is 58.0. The van der Waals surface area contributed by atoms with Crippen LogP contribution in [0.25, 0.3) is 10.8 Å². The molecule has 2 N–H and O–H groups in total. The van der Waals surface area contributed by atoms with E-state index in [4.69, 9.17) is 14.2 Å². The van der Waals surface area contributed by atoms with Crippen molar-refractivity contribution < 1.29 is 41.8 Å². The second-order valence-electron chi connectivity index (χ2n) is 15.3. The molecule has 2 bridgehead atoms. The number of amides is 2. The average molecular weight is 732 g/mol. The second kappa shape index (κ2) is 14.8. The monoisotopic (exact) mass is 731 g/mol. The van der Waals surface area contributed by atoms with Crippen LogP contribution in [0.3, 0.4) is 0 Å². The van der Waals surface area contributed by atoms with Crippen molar-refractivity contribution >= 4 is 28.6 Å². The summed E-state index contributed by atoms with van der Waals surface area (Å²) in [5.74, 6) is -2.25. The van der Waals surface area contributed by atoms with Crippen molar-refractivity contribution in [1.82, 2.24) is 10.6 Å². The standard InChI is InChI=1S/C41H44F3N3O6/c1-39(2,41(42,43)44)23-46-37(49)34-25-12-13-26(18-25)35(34)47-36(48)31-20-32(28(21-45)19-33(31)51-4)53-29-14-16-40(3,17-15-29)38(50)52-22-27-10-7-9-24-8-5-6-11-30(24)27/h5-13,19-20,25-26,29,34-35H,14-18,22-23H2,1-4H3,(H,46,49)(H,47,48)/t25-,26+,29?,34-,35+,40?/m0/s1. The van der Waals surface area contributed by atoms with Crippen molar-refractivity contribution in [3.05, 3.63) is 83.4 Å². The van der Waals surface area contributed by atoms with E-state index in [-0.39, 0.29) is 53.1 Å². The third-order valence-corrected chi connectivity index (χ3v) is 11.3. The number of fused-ring (bicyclic) bond motifs is 3. The average Bonchev–Trinajstić information content (AvgIpc) is 3.75.